The average molecular weight is 328 g/mol. The molecule has 1 aromatic carbocycles. The molecule has 1 aromatic heterocycles. The molecule has 0 amide bonds. The number of fused-ring (bicyclic) bond motifs is 1. The van der Waals surface area contributed by atoms with Crippen LogP contribution in [0.4, 0.5) is 0 Å². The Labute approximate surface area is 144 Å². The second-order valence-corrected chi connectivity index (χ2v) is 7.39. The number of aromatic nitrogens is 1. The fourth-order valence-electron chi connectivity index (χ4n) is 4.40. The van der Waals surface area contributed by atoms with E-state index in [9.17, 15) is 5.11 Å². The first kappa shape index (κ1) is 16.0. The van der Waals surface area contributed by atoms with Crippen LogP contribution in [-0.2, 0) is 7.05 Å². The summed E-state index contributed by atoms with van der Waals surface area (Å²) in [6.45, 7) is 2.08. The Hall–Kier alpha value is -1.52. The maximum absolute atomic E-state index is 10.3. The molecule has 4 heteroatoms. The molecule has 24 heavy (non-hydrogen) atoms. The van der Waals surface area contributed by atoms with Crippen molar-refractivity contribution in [2.24, 2.45) is 7.05 Å². The summed E-state index contributed by atoms with van der Waals surface area (Å²) in [5, 5.41) is 11.5. The van der Waals surface area contributed by atoms with Crippen molar-refractivity contribution in [1.82, 2.24) is 9.47 Å². The molecule has 2 unspecified atom stereocenters. The second-order valence-electron chi connectivity index (χ2n) is 7.39. The maximum atomic E-state index is 10.3. The summed E-state index contributed by atoms with van der Waals surface area (Å²) >= 11 is 0. The van der Waals surface area contributed by atoms with Gasteiger partial charge in [0.1, 0.15) is 11.9 Å². The number of aliphatic hydroxyl groups excluding tert-OH is 1. The SMILES string of the molecule is Cn1ccc2c(OC3CCN(C4CCCCC4O)CC3)cccc21. The van der Waals surface area contributed by atoms with E-state index in [4.69, 9.17) is 4.74 Å². The van der Waals surface area contributed by atoms with Crippen LogP contribution in [-0.4, -0.2) is 45.9 Å². The molecule has 4 nitrogen and oxygen atoms in total. The molecule has 130 valence electrons. The largest absolute Gasteiger partial charge is 0.490 e. The first-order valence-electron chi connectivity index (χ1n) is 9.35. The number of rotatable bonds is 3. The fraction of sp³-hybridized carbons (Fsp3) is 0.600. The minimum absolute atomic E-state index is 0.130. The van der Waals surface area contributed by atoms with Crippen LogP contribution < -0.4 is 4.74 Å². The summed E-state index contributed by atoms with van der Waals surface area (Å²) < 4.78 is 8.48. The summed E-state index contributed by atoms with van der Waals surface area (Å²) in [5.74, 6) is 1.00. The summed E-state index contributed by atoms with van der Waals surface area (Å²) in [4.78, 5) is 2.49. The van der Waals surface area contributed by atoms with Gasteiger partial charge in [0.05, 0.1) is 11.6 Å². The molecule has 4 rings (SSSR count). The number of likely N-dealkylation sites (tertiary alicyclic amines) is 1. The van der Waals surface area contributed by atoms with Gasteiger partial charge in [0.2, 0.25) is 0 Å². The van der Waals surface area contributed by atoms with Gasteiger partial charge < -0.3 is 14.4 Å². The van der Waals surface area contributed by atoms with E-state index in [1.54, 1.807) is 0 Å². The zero-order valence-electron chi connectivity index (χ0n) is 14.5. The Morgan fingerprint density at radius 2 is 1.83 bits per heavy atom. The van der Waals surface area contributed by atoms with Crippen LogP contribution in [0.2, 0.25) is 0 Å². The molecule has 1 saturated heterocycles. The number of nitrogens with zero attached hydrogens (tertiary/aromatic N) is 2. The molecule has 2 fully saturated rings. The molecule has 2 heterocycles. The molecule has 0 radical (unpaired) electrons. The second kappa shape index (κ2) is 6.77. The Kier molecular flexibility index (Phi) is 4.51. The Balaban J connectivity index is 1.39. The zero-order valence-corrected chi connectivity index (χ0v) is 14.5. The van der Waals surface area contributed by atoms with Gasteiger partial charge in [-0.05, 0) is 43.9 Å². The van der Waals surface area contributed by atoms with Crippen LogP contribution in [0, 0.1) is 0 Å². The first-order valence-corrected chi connectivity index (χ1v) is 9.35. The van der Waals surface area contributed by atoms with Gasteiger partial charge in [-0.25, -0.2) is 0 Å². The van der Waals surface area contributed by atoms with Crippen molar-refractivity contribution < 1.29 is 9.84 Å². The topological polar surface area (TPSA) is 37.6 Å². The van der Waals surface area contributed by atoms with Gasteiger partial charge in [-0.2, -0.15) is 0 Å². The third-order valence-corrected chi connectivity index (χ3v) is 5.82. The van der Waals surface area contributed by atoms with Gasteiger partial charge >= 0.3 is 0 Å². The van der Waals surface area contributed by atoms with Crippen LogP contribution in [0.1, 0.15) is 38.5 Å². The lowest BCUT2D eigenvalue weighted by Gasteiger charge is -2.41. The van der Waals surface area contributed by atoms with E-state index in [0.717, 1.165) is 44.5 Å². The minimum Gasteiger partial charge on any atom is -0.490 e. The molecular weight excluding hydrogens is 300 g/mol. The molecule has 2 aliphatic rings. The van der Waals surface area contributed by atoms with Crippen LogP contribution >= 0.6 is 0 Å². The number of aryl methyl sites for hydroxylation is 1. The standard InChI is InChI=1S/C20H28N2O2/c1-21-12-11-16-17(21)6-4-8-20(16)24-15-9-13-22(14-10-15)18-5-2-3-7-19(18)23/h4,6,8,11-12,15,18-19,23H,2-3,5,7,9-10,13-14H2,1H3. The van der Waals surface area contributed by atoms with Gasteiger partial charge in [-0.15, -0.1) is 0 Å². The molecular formula is C20H28N2O2. The molecule has 2 aromatic rings. The molecule has 0 bridgehead atoms. The lowest BCUT2D eigenvalue weighted by atomic mass is 9.90. The van der Waals surface area contributed by atoms with Crippen molar-refractivity contribution in [2.75, 3.05) is 13.1 Å². The van der Waals surface area contributed by atoms with Crippen LogP contribution in [0.15, 0.2) is 30.5 Å². The van der Waals surface area contributed by atoms with Crippen molar-refractivity contribution in [3.63, 3.8) is 0 Å². The lowest BCUT2D eigenvalue weighted by molar-refractivity contribution is -0.00672. The third kappa shape index (κ3) is 3.05. The molecule has 1 N–H and O–H groups in total. The van der Waals surface area contributed by atoms with Crippen molar-refractivity contribution in [2.45, 2.75) is 56.8 Å². The molecule has 1 aliphatic carbocycles. The van der Waals surface area contributed by atoms with Gasteiger partial charge in [-0.3, -0.25) is 4.90 Å². The molecule has 0 spiro atoms. The molecule has 1 aliphatic heterocycles. The zero-order chi connectivity index (χ0) is 16.5. The monoisotopic (exact) mass is 328 g/mol. The Bertz CT molecular complexity index is 688. The highest BCUT2D eigenvalue weighted by Crippen LogP contribution is 2.30. The normalized spacial score (nSPS) is 26.8. The van der Waals surface area contributed by atoms with Crippen molar-refractivity contribution >= 4 is 10.9 Å². The summed E-state index contributed by atoms with van der Waals surface area (Å²) in [6, 6.07) is 8.80. The van der Waals surface area contributed by atoms with E-state index in [1.807, 2.05) is 0 Å². The first-order chi connectivity index (χ1) is 11.7. The number of ether oxygens (including phenoxy) is 1. The number of hydrogen-bond acceptors (Lipinski definition) is 3. The highest BCUT2D eigenvalue weighted by molar-refractivity contribution is 5.86. The van der Waals surface area contributed by atoms with E-state index in [0.29, 0.717) is 6.04 Å². The number of piperidine rings is 1. The molecule has 2 atom stereocenters. The summed E-state index contributed by atoms with van der Waals surface area (Å²) in [7, 11) is 2.07. The lowest BCUT2D eigenvalue weighted by Crippen LogP contribution is -2.50. The maximum Gasteiger partial charge on any atom is 0.129 e. The van der Waals surface area contributed by atoms with E-state index < -0.39 is 0 Å². The van der Waals surface area contributed by atoms with Crippen molar-refractivity contribution in [3.05, 3.63) is 30.5 Å². The van der Waals surface area contributed by atoms with Gasteiger partial charge in [0, 0.05) is 37.8 Å². The third-order valence-electron chi connectivity index (χ3n) is 5.82. The number of aliphatic hydroxyl groups is 1. The van der Waals surface area contributed by atoms with Crippen molar-refractivity contribution in [1.29, 1.82) is 0 Å². The summed E-state index contributed by atoms with van der Waals surface area (Å²) in [5.41, 5.74) is 1.22. The predicted molar refractivity (Wildman–Crippen MR) is 96.4 cm³/mol. The highest BCUT2D eigenvalue weighted by atomic mass is 16.5. The smallest absolute Gasteiger partial charge is 0.129 e. The van der Waals surface area contributed by atoms with E-state index >= 15 is 0 Å². The quantitative estimate of drug-likeness (QED) is 0.939. The minimum atomic E-state index is -0.130. The van der Waals surface area contributed by atoms with Crippen LogP contribution in [0.5, 0.6) is 5.75 Å². The molecule has 1 saturated carbocycles. The Morgan fingerprint density at radius 3 is 2.62 bits per heavy atom. The van der Waals surface area contributed by atoms with Gasteiger partial charge in [0.15, 0.2) is 0 Å². The average Bonchev–Trinajstić information content (AvgIpc) is 2.99. The van der Waals surface area contributed by atoms with Crippen LogP contribution in [0.25, 0.3) is 10.9 Å². The van der Waals surface area contributed by atoms with E-state index in [2.05, 4.69) is 47.0 Å². The fourth-order valence-corrected chi connectivity index (χ4v) is 4.40. The number of hydrogen-bond donors (Lipinski definition) is 1. The van der Waals surface area contributed by atoms with Gasteiger partial charge in [-0.1, -0.05) is 18.9 Å². The van der Waals surface area contributed by atoms with Gasteiger partial charge in [0.25, 0.3) is 0 Å². The Morgan fingerprint density at radius 1 is 1.04 bits per heavy atom. The predicted octanol–water partition coefficient (Wildman–Crippen LogP) is 3.33. The summed E-state index contributed by atoms with van der Waals surface area (Å²) in [6.07, 6.45) is 8.89. The van der Waals surface area contributed by atoms with E-state index in [1.165, 1.54) is 23.7 Å². The van der Waals surface area contributed by atoms with E-state index in [-0.39, 0.29) is 12.2 Å². The van der Waals surface area contributed by atoms with Crippen LogP contribution in [0.3, 0.4) is 0 Å². The number of benzene rings is 1. The van der Waals surface area contributed by atoms with Crippen molar-refractivity contribution in [3.8, 4) is 5.75 Å². The highest BCUT2D eigenvalue weighted by Gasteiger charge is 2.32.